The minimum absolute atomic E-state index is 0.432. The van der Waals surface area contributed by atoms with Crippen LogP contribution in [-0.2, 0) is 6.42 Å². The molecule has 0 radical (unpaired) electrons. The van der Waals surface area contributed by atoms with Crippen LogP contribution in [0.5, 0.6) is 17.2 Å². The summed E-state index contributed by atoms with van der Waals surface area (Å²) in [5.74, 6) is 2.82. The number of nitrogens with one attached hydrogen (secondary N) is 2. The summed E-state index contributed by atoms with van der Waals surface area (Å²) in [4.78, 5) is 17.1. The monoisotopic (exact) mass is 460 g/mol. The lowest BCUT2D eigenvalue weighted by atomic mass is 10.1. The van der Waals surface area contributed by atoms with Crippen molar-refractivity contribution in [2.45, 2.75) is 6.42 Å². The van der Waals surface area contributed by atoms with E-state index in [-0.39, 0.29) is 0 Å². The normalized spacial score (nSPS) is 10.4. The molecule has 0 bridgehead atoms. The predicted octanol–water partition coefficient (Wildman–Crippen LogP) is 5.00. The van der Waals surface area contributed by atoms with Crippen LogP contribution in [-0.4, -0.2) is 37.5 Å². The van der Waals surface area contributed by atoms with Crippen LogP contribution in [0.3, 0.4) is 0 Å². The van der Waals surface area contributed by atoms with E-state index < -0.39 is 6.03 Å². The molecule has 34 heavy (non-hydrogen) atoms. The van der Waals surface area contributed by atoms with Crippen molar-refractivity contribution in [1.29, 1.82) is 0 Å². The quantitative estimate of drug-likeness (QED) is 0.381. The van der Waals surface area contributed by atoms with E-state index >= 15 is 0 Å². The number of hydrogen-bond acceptors (Lipinski definition) is 7. The number of urea groups is 1. The molecule has 0 aliphatic carbocycles. The van der Waals surface area contributed by atoms with Crippen LogP contribution in [0.15, 0.2) is 71.3 Å². The Morgan fingerprint density at radius 3 is 2.38 bits per heavy atom. The first-order chi connectivity index (χ1) is 16.6. The van der Waals surface area contributed by atoms with Crippen LogP contribution >= 0.6 is 0 Å². The van der Waals surface area contributed by atoms with Gasteiger partial charge in [0.25, 0.3) is 0 Å². The van der Waals surface area contributed by atoms with Gasteiger partial charge in [-0.25, -0.2) is 4.79 Å². The summed E-state index contributed by atoms with van der Waals surface area (Å²) in [5, 5.41) is 9.65. The van der Waals surface area contributed by atoms with E-state index in [1.807, 2.05) is 30.3 Å². The molecule has 0 spiro atoms. The first-order valence-corrected chi connectivity index (χ1v) is 10.4. The minimum Gasteiger partial charge on any atom is -0.497 e. The molecular formula is C25H24N4O5. The van der Waals surface area contributed by atoms with Crippen molar-refractivity contribution in [2.24, 2.45) is 0 Å². The lowest BCUT2D eigenvalue weighted by molar-refractivity contribution is 0.262. The van der Waals surface area contributed by atoms with Crippen molar-refractivity contribution in [3.05, 3.63) is 78.2 Å². The number of carbonyl (C=O) groups is 1. The van der Waals surface area contributed by atoms with Crippen molar-refractivity contribution in [3.8, 4) is 28.6 Å². The topological polar surface area (TPSA) is 108 Å². The van der Waals surface area contributed by atoms with Gasteiger partial charge in [-0.05, 0) is 42.0 Å². The number of benzene rings is 3. The van der Waals surface area contributed by atoms with Crippen LogP contribution in [0.25, 0.3) is 11.4 Å². The van der Waals surface area contributed by atoms with Crippen LogP contribution in [0.2, 0.25) is 0 Å². The maximum atomic E-state index is 12.6. The van der Waals surface area contributed by atoms with Gasteiger partial charge in [-0.3, -0.25) is 0 Å². The SMILES string of the molecule is COc1ccc(Cc2nc(-c3cccc(NC(=O)Nc4cc(OC)ccc4OC)c3)no2)cc1. The molecule has 4 rings (SSSR count). The third-order valence-electron chi connectivity index (χ3n) is 5.02. The molecule has 2 N–H and O–H groups in total. The van der Waals surface area contributed by atoms with Crippen molar-refractivity contribution in [3.63, 3.8) is 0 Å². The highest BCUT2D eigenvalue weighted by Gasteiger charge is 2.12. The average Bonchev–Trinajstić information content (AvgIpc) is 3.33. The summed E-state index contributed by atoms with van der Waals surface area (Å²) in [6.07, 6.45) is 0.500. The molecular weight excluding hydrogens is 436 g/mol. The van der Waals surface area contributed by atoms with Gasteiger partial charge >= 0.3 is 6.03 Å². The Kier molecular flexibility index (Phi) is 6.92. The smallest absolute Gasteiger partial charge is 0.323 e. The van der Waals surface area contributed by atoms with Gasteiger partial charge in [0.15, 0.2) is 0 Å². The van der Waals surface area contributed by atoms with Crippen molar-refractivity contribution >= 4 is 17.4 Å². The zero-order valence-electron chi connectivity index (χ0n) is 19.0. The molecule has 1 heterocycles. The average molecular weight is 460 g/mol. The molecule has 0 aliphatic heterocycles. The molecule has 0 aliphatic rings. The molecule has 0 atom stereocenters. The summed E-state index contributed by atoms with van der Waals surface area (Å²) in [5.41, 5.74) is 2.78. The molecule has 9 heteroatoms. The van der Waals surface area contributed by atoms with Gasteiger partial charge in [-0.1, -0.05) is 29.4 Å². The van der Waals surface area contributed by atoms with Gasteiger partial charge in [0, 0.05) is 17.3 Å². The van der Waals surface area contributed by atoms with E-state index in [9.17, 15) is 4.79 Å². The molecule has 0 saturated heterocycles. The van der Waals surface area contributed by atoms with Gasteiger partial charge in [0.2, 0.25) is 11.7 Å². The molecule has 174 valence electrons. The number of methoxy groups -OCH3 is 3. The van der Waals surface area contributed by atoms with Gasteiger partial charge < -0.3 is 29.4 Å². The van der Waals surface area contributed by atoms with Crippen molar-refractivity contribution < 1.29 is 23.5 Å². The molecule has 0 unspecified atom stereocenters. The number of rotatable bonds is 8. The standard InChI is InChI=1S/C25H24N4O5/c1-31-19-9-7-16(8-10-19)13-23-28-24(29-34-23)17-5-4-6-18(14-17)26-25(30)27-21-15-20(32-2)11-12-22(21)33-3/h4-12,14-15H,13H2,1-3H3,(H2,26,27,30). The predicted molar refractivity (Wildman–Crippen MR) is 128 cm³/mol. The van der Waals surface area contributed by atoms with Crippen LogP contribution in [0.1, 0.15) is 11.5 Å². The first-order valence-electron chi connectivity index (χ1n) is 10.4. The maximum absolute atomic E-state index is 12.6. The highest BCUT2D eigenvalue weighted by Crippen LogP contribution is 2.29. The summed E-state index contributed by atoms with van der Waals surface area (Å²) >= 11 is 0. The fourth-order valence-corrected chi connectivity index (χ4v) is 3.29. The number of aromatic nitrogens is 2. The molecule has 0 saturated carbocycles. The van der Waals surface area contributed by atoms with Crippen LogP contribution < -0.4 is 24.8 Å². The van der Waals surface area contributed by atoms with E-state index in [0.29, 0.717) is 46.6 Å². The number of ether oxygens (including phenoxy) is 3. The summed E-state index contributed by atoms with van der Waals surface area (Å²) in [7, 11) is 4.71. The second-order valence-corrected chi connectivity index (χ2v) is 7.26. The Hall–Kier alpha value is -4.53. The fraction of sp³-hybridized carbons (Fsp3) is 0.160. The Bertz CT molecular complexity index is 1270. The molecule has 0 fully saturated rings. The van der Waals surface area contributed by atoms with Gasteiger partial charge in [0.1, 0.15) is 17.2 Å². The molecule has 4 aromatic rings. The summed E-state index contributed by atoms with van der Waals surface area (Å²) < 4.78 is 21.1. The first kappa shape index (κ1) is 22.7. The number of amides is 2. The van der Waals surface area contributed by atoms with E-state index in [4.69, 9.17) is 18.7 Å². The largest absolute Gasteiger partial charge is 0.497 e. The number of hydrogen-bond donors (Lipinski definition) is 2. The highest BCUT2D eigenvalue weighted by atomic mass is 16.5. The molecule has 2 amide bonds. The van der Waals surface area contributed by atoms with Crippen molar-refractivity contribution in [2.75, 3.05) is 32.0 Å². The van der Waals surface area contributed by atoms with E-state index in [0.717, 1.165) is 11.3 Å². The second-order valence-electron chi connectivity index (χ2n) is 7.26. The van der Waals surface area contributed by atoms with Crippen LogP contribution in [0, 0.1) is 0 Å². The van der Waals surface area contributed by atoms with E-state index in [1.165, 1.54) is 7.11 Å². The molecule has 3 aromatic carbocycles. The highest BCUT2D eigenvalue weighted by molar-refractivity contribution is 6.01. The fourth-order valence-electron chi connectivity index (χ4n) is 3.29. The zero-order chi connectivity index (χ0) is 23.9. The van der Waals surface area contributed by atoms with Gasteiger partial charge in [-0.2, -0.15) is 4.98 Å². The zero-order valence-corrected chi connectivity index (χ0v) is 19.0. The summed E-state index contributed by atoms with van der Waals surface area (Å²) in [6.45, 7) is 0. The number of nitrogens with zero attached hydrogens (tertiary/aromatic N) is 2. The molecule has 1 aromatic heterocycles. The number of anilines is 2. The second kappa shape index (κ2) is 10.4. The molecule has 9 nitrogen and oxygen atoms in total. The Morgan fingerprint density at radius 2 is 1.65 bits per heavy atom. The lowest BCUT2D eigenvalue weighted by Crippen LogP contribution is -2.19. The third kappa shape index (κ3) is 5.44. The Morgan fingerprint density at radius 1 is 0.882 bits per heavy atom. The van der Waals surface area contributed by atoms with Crippen LogP contribution in [0.4, 0.5) is 16.2 Å². The van der Waals surface area contributed by atoms with E-state index in [2.05, 4.69) is 20.8 Å². The van der Waals surface area contributed by atoms with Crippen molar-refractivity contribution in [1.82, 2.24) is 10.1 Å². The Balaban J connectivity index is 1.43. The summed E-state index contributed by atoms with van der Waals surface area (Å²) in [6, 6.07) is 19.6. The Labute approximate surface area is 196 Å². The lowest BCUT2D eigenvalue weighted by Gasteiger charge is -2.12. The maximum Gasteiger partial charge on any atom is 0.323 e. The number of carbonyl (C=O) groups excluding carboxylic acids is 1. The van der Waals surface area contributed by atoms with E-state index in [1.54, 1.807) is 50.6 Å². The van der Waals surface area contributed by atoms with Gasteiger partial charge in [0.05, 0.1) is 33.4 Å². The minimum atomic E-state index is -0.433. The van der Waals surface area contributed by atoms with Gasteiger partial charge in [-0.15, -0.1) is 0 Å². The third-order valence-corrected chi connectivity index (χ3v) is 5.02.